The lowest BCUT2D eigenvalue weighted by Crippen LogP contribution is -2.18. The first-order chi connectivity index (χ1) is 9.22. The first kappa shape index (κ1) is 13.4. The number of hydrogen-bond acceptors (Lipinski definition) is 3. The monoisotopic (exact) mass is 261 g/mol. The predicted octanol–water partition coefficient (Wildman–Crippen LogP) is 2.91. The quantitative estimate of drug-likeness (QED) is 0.900. The minimum absolute atomic E-state index is 0.274. The maximum absolute atomic E-state index is 12.9. The van der Waals surface area contributed by atoms with E-state index in [4.69, 9.17) is 15.2 Å². The molecule has 2 aromatic rings. The first-order valence-electron chi connectivity index (χ1n) is 5.99. The predicted molar refractivity (Wildman–Crippen MR) is 71.8 cm³/mol. The third-order valence-electron chi connectivity index (χ3n) is 2.79. The average Bonchev–Trinajstić information content (AvgIpc) is 2.46. The smallest absolute Gasteiger partial charge is 0.136 e. The maximum Gasteiger partial charge on any atom is 0.136 e. The number of halogens is 1. The molecule has 0 saturated heterocycles. The minimum atomic E-state index is -0.297. The largest absolute Gasteiger partial charge is 0.497 e. The summed E-state index contributed by atoms with van der Waals surface area (Å²) in [6, 6.07) is 13.4. The summed E-state index contributed by atoms with van der Waals surface area (Å²) in [6.07, 6.45) is -0.297. The fraction of sp³-hybridized carbons (Fsp3) is 0.200. The van der Waals surface area contributed by atoms with E-state index in [2.05, 4.69) is 0 Å². The molecule has 0 aromatic heterocycles. The molecule has 100 valence electrons. The van der Waals surface area contributed by atoms with Gasteiger partial charge in [-0.25, -0.2) is 4.39 Å². The van der Waals surface area contributed by atoms with Crippen LogP contribution >= 0.6 is 0 Å². The zero-order valence-corrected chi connectivity index (χ0v) is 10.7. The van der Waals surface area contributed by atoms with E-state index in [1.807, 2.05) is 24.3 Å². The van der Waals surface area contributed by atoms with Crippen LogP contribution in [0.15, 0.2) is 48.5 Å². The van der Waals surface area contributed by atoms with E-state index in [-0.39, 0.29) is 11.9 Å². The second-order valence-electron chi connectivity index (χ2n) is 4.07. The number of benzene rings is 2. The third kappa shape index (κ3) is 3.45. The van der Waals surface area contributed by atoms with Crippen molar-refractivity contribution in [2.24, 2.45) is 5.73 Å². The van der Waals surface area contributed by atoms with E-state index in [1.165, 1.54) is 12.1 Å². The fourth-order valence-electron chi connectivity index (χ4n) is 1.75. The van der Waals surface area contributed by atoms with Crippen LogP contribution in [0.5, 0.6) is 11.5 Å². The average molecular weight is 261 g/mol. The van der Waals surface area contributed by atoms with Crippen molar-refractivity contribution in [3.05, 3.63) is 59.9 Å². The summed E-state index contributed by atoms with van der Waals surface area (Å²) in [5.41, 5.74) is 6.55. The molecule has 0 aliphatic rings. The Hall–Kier alpha value is -2.07. The zero-order valence-electron chi connectivity index (χ0n) is 10.7. The highest BCUT2D eigenvalue weighted by Gasteiger charge is 2.11. The maximum atomic E-state index is 12.9. The molecule has 0 spiro atoms. The van der Waals surface area contributed by atoms with Crippen LogP contribution in [-0.4, -0.2) is 13.7 Å². The molecule has 0 fully saturated rings. The molecule has 2 N–H and O–H groups in total. The molecule has 2 aromatic carbocycles. The molecule has 0 amide bonds. The highest BCUT2D eigenvalue weighted by atomic mass is 19.1. The van der Waals surface area contributed by atoms with Crippen molar-refractivity contribution in [1.29, 1.82) is 0 Å². The Labute approximate surface area is 111 Å². The molecule has 1 atom stereocenters. The summed E-state index contributed by atoms with van der Waals surface area (Å²) >= 11 is 0. The molecule has 0 aliphatic carbocycles. The summed E-state index contributed by atoms with van der Waals surface area (Å²) in [6.45, 7) is 0.317. The first-order valence-corrected chi connectivity index (χ1v) is 5.99. The van der Waals surface area contributed by atoms with Gasteiger partial charge in [0.05, 0.1) is 7.11 Å². The molecule has 19 heavy (non-hydrogen) atoms. The van der Waals surface area contributed by atoms with Crippen molar-refractivity contribution >= 4 is 0 Å². The van der Waals surface area contributed by atoms with Gasteiger partial charge in [-0.05, 0) is 42.0 Å². The highest BCUT2D eigenvalue weighted by molar-refractivity contribution is 5.32. The molecule has 0 bridgehead atoms. The lowest BCUT2D eigenvalue weighted by atomic mass is 10.1. The lowest BCUT2D eigenvalue weighted by molar-refractivity contribution is 0.214. The molecule has 4 heteroatoms. The minimum Gasteiger partial charge on any atom is -0.497 e. The second kappa shape index (κ2) is 6.20. The van der Waals surface area contributed by atoms with Crippen LogP contribution in [0, 0.1) is 5.82 Å². The van der Waals surface area contributed by atoms with Crippen LogP contribution in [0.25, 0.3) is 0 Å². The van der Waals surface area contributed by atoms with E-state index in [1.54, 1.807) is 19.2 Å². The SMILES string of the molecule is COc1ccc(OC(CN)c2ccc(F)cc2)cc1. The number of rotatable bonds is 5. The molecular formula is C15H16FNO2. The van der Waals surface area contributed by atoms with Crippen LogP contribution in [0.3, 0.4) is 0 Å². The van der Waals surface area contributed by atoms with Gasteiger partial charge in [-0.3, -0.25) is 0 Å². The zero-order chi connectivity index (χ0) is 13.7. The number of ether oxygens (including phenoxy) is 2. The van der Waals surface area contributed by atoms with Crippen LogP contribution < -0.4 is 15.2 Å². The van der Waals surface area contributed by atoms with Gasteiger partial charge < -0.3 is 15.2 Å². The van der Waals surface area contributed by atoms with E-state index in [0.29, 0.717) is 12.3 Å². The summed E-state index contributed by atoms with van der Waals surface area (Å²) in [5.74, 6) is 1.18. The van der Waals surface area contributed by atoms with E-state index in [0.717, 1.165) is 11.3 Å². The van der Waals surface area contributed by atoms with Gasteiger partial charge in [-0.1, -0.05) is 12.1 Å². The van der Waals surface area contributed by atoms with Gasteiger partial charge >= 0.3 is 0 Å². The standard InChI is InChI=1S/C15H16FNO2/c1-18-13-6-8-14(9-7-13)19-15(10-17)11-2-4-12(16)5-3-11/h2-9,15H,10,17H2,1H3. The highest BCUT2D eigenvalue weighted by Crippen LogP contribution is 2.23. The molecule has 0 heterocycles. The van der Waals surface area contributed by atoms with Crippen LogP contribution in [-0.2, 0) is 0 Å². The van der Waals surface area contributed by atoms with Gasteiger partial charge in [-0.15, -0.1) is 0 Å². The Morgan fingerprint density at radius 1 is 1.00 bits per heavy atom. The van der Waals surface area contributed by atoms with Gasteiger partial charge in [0.2, 0.25) is 0 Å². The Morgan fingerprint density at radius 2 is 1.58 bits per heavy atom. The lowest BCUT2D eigenvalue weighted by Gasteiger charge is -2.18. The summed E-state index contributed by atoms with van der Waals surface area (Å²) in [5, 5.41) is 0. The Balaban J connectivity index is 2.11. The summed E-state index contributed by atoms with van der Waals surface area (Å²) in [4.78, 5) is 0. The molecule has 0 radical (unpaired) electrons. The van der Waals surface area contributed by atoms with Crippen molar-refractivity contribution in [3.8, 4) is 11.5 Å². The van der Waals surface area contributed by atoms with Crippen molar-refractivity contribution < 1.29 is 13.9 Å². The number of nitrogens with two attached hydrogens (primary N) is 1. The van der Waals surface area contributed by atoms with E-state index < -0.39 is 0 Å². The van der Waals surface area contributed by atoms with Gasteiger partial charge in [-0.2, -0.15) is 0 Å². The Kier molecular flexibility index (Phi) is 4.36. The molecule has 3 nitrogen and oxygen atoms in total. The van der Waals surface area contributed by atoms with Crippen LogP contribution in [0.2, 0.25) is 0 Å². The molecule has 0 saturated carbocycles. The third-order valence-corrected chi connectivity index (χ3v) is 2.79. The summed E-state index contributed by atoms with van der Waals surface area (Å²) < 4.78 is 23.7. The van der Waals surface area contributed by atoms with Crippen molar-refractivity contribution in [2.45, 2.75) is 6.10 Å². The Morgan fingerprint density at radius 3 is 2.11 bits per heavy atom. The Bertz CT molecular complexity index is 511. The van der Waals surface area contributed by atoms with Crippen molar-refractivity contribution in [3.63, 3.8) is 0 Å². The molecular weight excluding hydrogens is 245 g/mol. The summed E-state index contributed by atoms with van der Waals surface area (Å²) in [7, 11) is 1.61. The fourth-order valence-corrected chi connectivity index (χ4v) is 1.75. The normalized spacial score (nSPS) is 11.9. The number of hydrogen-bond donors (Lipinski definition) is 1. The number of methoxy groups -OCH3 is 1. The van der Waals surface area contributed by atoms with Crippen LogP contribution in [0.1, 0.15) is 11.7 Å². The van der Waals surface area contributed by atoms with Crippen molar-refractivity contribution in [2.75, 3.05) is 13.7 Å². The van der Waals surface area contributed by atoms with Crippen molar-refractivity contribution in [1.82, 2.24) is 0 Å². The van der Waals surface area contributed by atoms with Gasteiger partial charge in [0.15, 0.2) is 0 Å². The van der Waals surface area contributed by atoms with Gasteiger partial charge in [0.1, 0.15) is 23.4 Å². The van der Waals surface area contributed by atoms with E-state index in [9.17, 15) is 4.39 Å². The van der Waals surface area contributed by atoms with Crippen LogP contribution in [0.4, 0.5) is 4.39 Å². The topological polar surface area (TPSA) is 44.5 Å². The van der Waals surface area contributed by atoms with Gasteiger partial charge in [0.25, 0.3) is 0 Å². The molecule has 2 rings (SSSR count). The van der Waals surface area contributed by atoms with E-state index >= 15 is 0 Å². The molecule has 1 unspecified atom stereocenters. The molecule has 0 aliphatic heterocycles. The second-order valence-corrected chi connectivity index (χ2v) is 4.07. The van der Waals surface area contributed by atoms with Gasteiger partial charge in [0, 0.05) is 6.54 Å².